The summed E-state index contributed by atoms with van der Waals surface area (Å²) in [5.41, 5.74) is 0.776. The average Bonchev–Trinajstić information content (AvgIpc) is 3.18. The van der Waals surface area contributed by atoms with Gasteiger partial charge in [0.15, 0.2) is 0 Å². The van der Waals surface area contributed by atoms with E-state index in [9.17, 15) is 13.7 Å². The highest BCUT2D eigenvalue weighted by Crippen LogP contribution is 2.27. The first-order valence-electron chi connectivity index (χ1n) is 10.0. The molecule has 162 valence electrons. The lowest BCUT2D eigenvalue weighted by Crippen LogP contribution is -2.39. The van der Waals surface area contributed by atoms with E-state index in [1.54, 1.807) is 26.0 Å². The molecule has 0 saturated carbocycles. The summed E-state index contributed by atoms with van der Waals surface area (Å²) < 4.78 is 37.7. The third kappa shape index (κ3) is 4.99. The Balaban J connectivity index is 1.71. The third-order valence-corrected chi connectivity index (χ3v) is 7.06. The van der Waals surface area contributed by atoms with E-state index >= 15 is 0 Å². The number of hydrogen-bond donors (Lipinski definition) is 1. The van der Waals surface area contributed by atoms with Gasteiger partial charge in [-0.3, -0.25) is 4.90 Å². The van der Waals surface area contributed by atoms with Gasteiger partial charge in [0.1, 0.15) is 6.07 Å². The molecule has 9 nitrogen and oxygen atoms in total. The Kier molecular flexibility index (Phi) is 7.44. The second-order valence-electron chi connectivity index (χ2n) is 6.80. The van der Waals surface area contributed by atoms with Crippen molar-refractivity contribution in [3.63, 3.8) is 0 Å². The molecule has 1 aliphatic heterocycles. The molecular weight excluding hydrogens is 406 g/mol. The number of anilines is 1. The molecule has 0 amide bonds. The molecule has 1 aromatic carbocycles. The second-order valence-corrected chi connectivity index (χ2v) is 8.74. The Morgan fingerprint density at radius 1 is 1.20 bits per heavy atom. The van der Waals surface area contributed by atoms with Crippen molar-refractivity contribution in [3.8, 4) is 17.5 Å². The van der Waals surface area contributed by atoms with Crippen molar-refractivity contribution in [2.45, 2.75) is 18.7 Å². The van der Waals surface area contributed by atoms with Gasteiger partial charge in [-0.05, 0) is 24.3 Å². The van der Waals surface area contributed by atoms with Crippen LogP contribution in [0.15, 0.2) is 33.6 Å². The smallest absolute Gasteiger partial charge is 0.243 e. The van der Waals surface area contributed by atoms with E-state index in [2.05, 4.69) is 15.2 Å². The zero-order chi connectivity index (χ0) is 21.6. The molecule has 0 unspecified atom stereocenters. The lowest BCUT2D eigenvalue weighted by Gasteiger charge is -2.26. The van der Waals surface area contributed by atoms with Crippen molar-refractivity contribution >= 4 is 15.9 Å². The summed E-state index contributed by atoms with van der Waals surface area (Å²) in [5, 5.41) is 12.5. The van der Waals surface area contributed by atoms with Gasteiger partial charge in [-0.1, -0.05) is 13.8 Å². The predicted octanol–water partition coefficient (Wildman–Crippen LogP) is 1.99. The van der Waals surface area contributed by atoms with Crippen LogP contribution in [0, 0.1) is 11.3 Å². The minimum absolute atomic E-state index is 0.173. The quantitative estimate of drug-likeness (QED) is 0.639. The molecule has 0 spiro atoms. The molecule has 30 heavy (non-hydrogen) atoms. The summed E-state index contributed by atoms with van der Waals surface area (Å²) in [6, 6.07) is 8.38. The van der Waals surface area contributed by atoms with Crippen LogP contribution in [0.25, 0.3) is 11.5 Å². The molecule has 1 N–H and O–H groups in total. The number of benzene rings is 1. The average molecular weight is 434 g/mol. The maximum Gasteiger partial charge on any atom is 0.243 e. The lowest BCUT2D eigenvalue weighted by molar-refractivity contribution is 0.0398. The van der Waals surface area contributed by atoms with Crippen LogP contribution in [0.1, 0.15) is 19.5 Å². The number of nitrogens with one attached hydrogen (secondary N) is 1. The van der Waals surface area contributed by atoms with Crippen LogP contribution in [-0.2, 0) is 14.8 Å². The highest BCUT2D eigenvalue weighted by molar-refractivity contribution is 7.89. The Labute approximate surface area is 177 Å². The number of nitriles is 1. The first-order valence-corrected chi connectivity index (χ1v) is 11.5. The van der Waals surface area contributed by atoms with Crippen LogP contribution in [0.4, 0.5) is 5.88 Å². The van der Waals surface area contributed by atoms with Crippen LogP contribution >= 0.6 is 0 Å². The predicted molar refractivity (Wildman–Crippen MR) is 113 cm³/mol. The van der Waals surface area contributed by atoms with Crippen LogP contribution < -0.4 is 5.32 Å². The van der Waals surface area contributed by atoms with Gasteiger partial charge in [0, 0.05) is 44.8 Å². The monoisotopic (exact) mass is 433 g/mol. The van der Waals surface area contributed by atoms with Gasteiger partial charge in [0.25, 0.3) is 0 Å². The van der Waals surface area contributed by atoms with Crippen LogP contribution in [0.2, 0.25) is 0 Å². The van der Waals surface area contributed by atoms with Gasteiger partial charge in [-0.25, -0.2) is 8.42 Å². The van der Waals surface area contributed by atoms with Crippen LogP contribution in [0.3, 0.4) is 0 Å². The van der Waals surface area contributed by atoms with E-state index in [0.717, 1.165) is 32.8 Å². The number of aromatic nitrogens is 1. The van der Waals surface area contributed by atoms with E-state index in [-0.39, 0.29) is 16.5 Å². The fourth-order valence-electron chi connectivity index (χ4n) is 3.27. The molecule has 0 atom stereocenters. The molecule has 2 heterocycles. The van der Waals surface area contributed by atoms with Crippen molar-refractivity contribution in [3.05, 3.63) is 30.0 Å². The molecule has 1 fully saturated rings. The van der Waals surface area contributed by atoms with Gasteiger partial charge >= 0.3 is 0 Å². The number of oxazole rings is 1. The number of nitrogens with zero attached hydrogens (tertiary/aromatic N) is 4. The van der Waals surface area contributed by atoms with Crippen molar-refractivity contribution in [1.82, 2.24) is 14.2 Å². The highest BCUT2D eigenvalue weighted by atomic mass is 32.2. The standard InChI is InChI=1S/C20H27N5O4S/c1-3-25(4-2)30(26,27)17-7-5-16(6-8-17)19-23-18(15-21)20(29-19)22-9-10-24-11-13-28-14-12-24/h5-8,22H,3-4,9-14H2,1-2H3. The maximum atomic E-state index is 12.6. The molecule has 0 aliphatic carbocycles. The molecule has 1 saturated heterocycles. The number of rotatable bonds is 9. The van der Waals surface area contributed by atoms with Gasteiger partial charge in [0.05, 0.1) is 18.1 Å². The van der Waals surface area contributed by atoms with E-state index in [4.69, 9.17) is 9.15 Å². The van der Waals surface area contributed by atoms with Gasteiger partial charge < -0.3 is 14.5 Å². The van der Waals surface area contributed by atoms with E-state index < -0.39 is 10.0 Å². The van der Waals surface area contributed by atoms with E-state index in [1.165, 1.54) is 16.4 Å². The van der Waals surface area contributed by atoms with Crippen molar-refractivity contribution in [2.24, 2.45) is 0 Å². The molecule has 1 aliphatic rings. The maximum absolute atomic E-state index is 12.6. The van der Waals surface area contributed by atoms with Gasteiger partial charge in [0.2, 0.25) is 27.5 Å². The summed E-state index contributed by atoms with van der Waals surface area (Å²) in [6.45, 7) is 9.09. The second kappa shape index (κ2) is 10.0. The number of ether oxygens (including phenoxy) is 1. The van der Waals surface area contributed by atoms with Crippen molar-refractivity contribution in [1.29, 1.82) is 5.26 Å². The third-order valence-electron chi connectivity index (χ3n) is 4.99. The SMILES string of the molecule is CCN(CC)S(=O)(=O)c1ccc(-c2nc(C#N)c(NCCN3CCOCC3)o2)cc1. The normalized spacial score (nSPS) is 15.3. The summed E-state index contributed by atoms with van der Waals surface area (Å²) in [4.78, 5) is 6.73. The molecular formula is C20H27N5O4S. The Hall–Kier alpha value is -2.45. The lowest BCUT2D eigenvalue weighted by atomic mass is 10.2. The van der Waals surface area contributed by atoms with E-state index in [0.29, 0.717) is 31.1 Å². The molecule has 0 bridgehead atoms. The largest absolute Gasteiger partial charge is 0.419 e. The Morgan fingerprint density at radius 2 is 1.87 bits per heavy atom. The fraction of sp³-hybridized carbons (Fsp3) is 0.500. The zero-order valence-electron chi connectivity index (χ0n) is 17.3. The first kappa shape index (κ1) is 22.2. The fourth-order valence-corrected chi connectivity index (χ4v) is 4.73. The summed E-state index contributed by atoms with van der Waals surface area (Å²) in [6.07, 6.45) is 0. The summed E-state index contributed by atoms with van der Waals surface area (Å²) in [7, 11) is -3.53. The molecule has 0 radical (unpaired) electrons. The highest BCUT2D eigenvalue weighted by Gasteiger charge is 2.22. The van der Waals surface area contributed by atoms with Crippen LogP contribution in [0.5, 0.6) is 0 Å². The number of hydrogen-bond acceptors (Lipinski definition) is 8. The minimum atomic E-state index is -3.53. The minimum Gasteiger partial charge on any atom is -0.419 e. The topological polar surface area (TPSA) is 112 Å². The molecule has 2 aromatic rings. The number of morpholine rings is 1. The van der Waals surface area contributed by atoms with Crippen molar-refractivity contribution in [2.75, 3.05) is 57.8 Å². The van der Waals surface area contributed by atoms with Crippen molar-refractivity contribution < 1.29 is 17.6 Å². The van der Waals surface area contributed by atoms with E-state index in [1.807, 2.05) is 6.07 Å². The Bertz CT molecular complexity index is 972. The summed E-state index contributed by atoms with van der Waals surface area (Å²) >= 11 is 0. The van der Waals surface area contributed by atoms with Gasteiger partial charge in [-0.2, -0.15) is 14.6 Å². The summed E-state index contributed by atoms with van der Waals surface area (Å²) in [5.74, 6) is 0.591. The van der Waals surface area contributed by atoms with Gasteiger partial charge in [-0.15, -0.1) is 0 Å². The number of sulfonamides is 1. The van der Waals surface area contributed by atoms with Crippen LogP contribution in [-0.4, -0.2) is 75.1 Å². The molecule has 10 heteroatoms. The first-order chi connectivity index (χ1) is 14.5. The molecule has 1 aromatic heterocycles. The molecule has 3 rings (SSSR count). The Morgan fingerprint density at radius 3 is 2.47 bits per heavy atom. The zero-order valence-corrected chi connectivity index (χ0v) is 18.1.